The minimum Gasteiger partial charge on any atom is -0.325 e. The van der Waals surface area contributed by atoms with Crippen LogP contribution in [0.15, 0.2) is 17.5 Å². The Labute approximate surface area is 93.1 Å². The second kappa shape index (κ2) is 3.23. The highest BCUT2D eigenvalue weighted by Crippen LogP contribution is 2.25. The molecule has 1 aromatic carbocycles. The maximum atomic E-state index is 13.2. The van der Waals surface area contributed by atoms with E-state index in [9.17, 15) is 8.78 Å². The summed E-state index contributed by atoms with van der Waals surface area (Å²) in [6, 6.07) is 2.25. The maximum absolute atomic E-state index is 13.2. The van der Waals surface area contributed by atoms with Crippen LogP contribution in [0.4, 0.5) is 8.78 Å². The molecule has 0 aliphatic rings. The van der Waals surface area contributed by atoms with E-state index in [-0.39, 0.29) is 0 Å². The molecule has 0 aliphatic carbocycles. The van der Waals surface area contributed by atoms with Gasteiger partial charge in [0.05, 0.1) is 11.0 Å². The van der Waals surface area contributed by atoms with E-state index in [1.54, 1.807) is 4.40 Å². The predicted octanol–water partition coefficient (Wildman–Crippen LogP) is 2.29. The molecule has 3 nitrogen and oxygen atoms in total. The minimum atomic E-state index is -0.882. The van der Waals surface area contributed by atoms with Gasteiger partial charge in [0.25, 0.3) is 0 Å². The number of thiazole rings is 1. The number of aromatic nitrogens is 2. The molecule has 0 spiro atoms. The second-order valence-corrected chi connectivity index (χ2v) is 4.25. The van der Waals surface area contributed by atoms with Gasteiger partial charge >= 0.3 is 0 Å². The van der Waals surface area contributed by atoms with Crippen LogP contribution in [0.2, 0.25) is 0 Å². The molecule has 2 aromatic heterocycles. The summed E-state index contributed by atoms with van der Waals surface area (Å²) in [7, 11) is 0. The molecule has 3 rings (SSSR count). The predicted molar refractivity (Wildman–Crippen MR) is 58.4 cm³/mol. The van der Waals surface area contributed by atoms with Gasteiger partial charge in [-0.3, -0.25) is 4.40 Å². The third-order valence-corrected chi connectivity index (χ3v) is 3.34. The van der Waals surface area contributed by atoms with Gasteiger partial charge in [-0.25, -0.2) is 13.8 Å². The van der Waals surface area contributed by atoms with Gasteiger partial charge in [-0.2, -0.15) is 0 Å². The van der Waals surface area contributed by atoms with E-state index in [4.69, 9.17) is 5.73 Å². The number of hydrogen-bond donors (Lipinski definition) is 1. The summed E-state index contributed by atoms with van der Waals surface area (Å²) >= 11 is 1.40. The Bertz CT molecular complexity index is 686. The summed E-state index contributed by atoms with van der Waals surface area (Å²) in [5.41, 5.74) is 7.41. The van der Waals surface area contributed by atoms with E-state index in [0.717, 1.165) is 17.8 Å². The Morgan fingerprint density at radius 2 is 2.06 bits per heavy atom. The van der Waals surface area contributed by atoms with Gasteiger partial charge in [-0.15, -0.1) is 11.3 Å². The number of nitrogens with two attached hydrogens (primary N) is 1. The summed E-state index contributed by atoms with van der Waals surface area (Å²) in [5.74, 6) is -1.75. The zero-order valence-corrected chi connectivity index (χ0v) is 8.89. The van der Waals surface area contributed by atoms with Gasteiger partial charge < -0.3 is 5.73 Å². The van der Waals surface area contributed by atoms with Gasteiger partial charge in [0.2, 0.25) is 0 Å². The Hall–Kier alpha value is -1.53. The van der Waals surface area contributed by atoms with Crippen LogP contribution in [0.1, 0.15) is 5.69 Å². The molecule has 0 aliphatic heterocycles. The van der Waals surface area contributed by atoms with Crippen molar-refractivity contribution in [3.05, 3.63) is 34.8 Å². The number of fused-ring (bicyclic) bond motifs is 3. The SMILES string of the molecule is NCc1csc2nc3cc(F)c(F)cc3n12. The van der Waals surface area contributed by atoms with Crippen LogP contribution in [0.25, 0.3) is 16.0 Å². The van der Waals surface area contributed by atoms with E-state index < -0.39 is 11.6 Å². The first-order valence-corrected chi connectivity index (χ1v) is 5.52. The van der Waals surface area contributed by atoms with Crippen LogP contribution in [0.3, 0.4) is 0 Å². The molecule has 0 atom stereocenters. The third-order valence-electron chi connectivity index (χ3n) is 2.46. The van der Waals surface area contributed by atoms with Crippen molar-refractivity contribution in [2.75, 3.05) is 0 Å². The van der Waals surface area contributed by atoms with Crippen LogP contribution in [0, 0.1) is 11.6 Å². The molecule has 0 bridgehead atoms. The zero-order chi connectivity index (χ0) is 11.3. The lowest BCUT2D eigenvalue weighted by Crippen LogP contribution is -1.99. The third kappa shape index (κ3) is 1.17. The standard InChI is InChI=1S/C10H7F2N3S/c11-6-1-8-9(2-7(6)12)15-5(3-13)4-16-10(15)14-8/h1-2,4H,3,13H2. The van der Waals surface area contributed by atoms with Crippen molar-refractivity contribution in [2.45, 2.75) is 6.54 Å². The van der Waals surface area contributed by atoms with Gasteiger partial charge in [0.15, 0.2) is 16.6 Å². The summed E-state index contributed by atoms with van der Waals surface area (Å²) in [6.45, 7) is 0.338. The van der Waals surface area contributed by atoms with Crippen molar-refractivity contribution in [1.29, 1.82) is 0 Å². The lowest BCUT2D eigenvalue weighted by Gasteiger charge is -1.97. The number of rotatable bonds is 1. The largest absolute Gasteiger partial charge is 0.325 e. The van der Waals surface area contributed by atoms with Crippen molar-refractivity contribution >= 4 is 27.3 Å². The number of imidazole rings is 1. The van der Waals surface area contributed by atoms with E-state index >= 15 is 0 Å². The van der Waals surface area contributed by atoms with Crippen molar-refractivity contribution in [2.24, 2.45) is 5.73 Å². The lowest BCUT2D eigenvalue weighted by molar-refractivity contribution is 0.510. The first-order valence-electron chi connectivity index (χ1n) is 4.64. The Morgan fingerprint density at radius 1 is 1.31 bits per heavy atom. The summed E-state index contributed by atoms with van der Waals surface area (Å²) in [6.07, 6.45) is 0. The summed E-state index contributed by atoms with van der Waals surface area (Å²) in [5, 5.41) is 1.86. The first kappa shape index (κ1) is 9.68. The highest BCUT2D eigenvalue weighted by molar-refractivity contribution is 7.15. The molecule has 2 heterocycles. The quantitative estimate of drug-likeness (QED) is 0.708. The molecule has 0 saturated carbocycles. The van der Waals surface area contributed by atoms with Crippen molar-refractivity contribution in [3.63, 3.8) is 0 Å². The van der Waals surface area contributed by atoms with Crippen LogP contribution in [0.5, 0.6) is 0 Å². The molecule has 82 valence electrons. The molecule has 0 fully saturated rings. The molecule has 2 N–H and O–H groups in total. The Balaban J connectivity index is 2.50. The van der Waals surface area contributed by atoms with Gasteiger partial charge in [-0.1, -0.05) is 0 Å². The van der Waals surface area contributed by atoms with Crippen molar-refractivity contribution < 1.29 is 8.78 Å². The zero-order valence-electron chi connectivity index (χ0n) is 8.08. The van der Waals surface area contributed by atoms with Crippen LogP contribution in [-0.4, -0.2) is 9.38 Å². The minimum absolute atomic E-state index is 0.338. The molecule has 0 saturated heterocycles. The van der Waals surface area contributed by atoms with Crippen LogP contribution >= 0.6 is 11.3 Å². The van der Waals surface area contributed by atoms with Gasteiger partial charge in [-0.05, 0) is 0 Å². The fraction of sp³-hybridized carbons (Fsp3) is 0.100. The monoisotopic (exact) mass is 239 g/mol. The van der Waals surface area contributed by atoms with Crippen LogP contribution < -0.4 is 5.73 Å². The van der Waals surface area contributed by atoms with Crippen molar-refractivity contribution in [3.8, 4) is 0 Å². The van der Waals surface area contributed by atoms with E-state index in [1.165, 1.54) is 11.3 Å². The van der Waals surface area contributed by atoms with Crippen LogP contribution in [-0.2, 0) is 6.54 Å². The van der Waals surface area contributed by atoms with Gasteiger partial charge in [0, 0.05) is 29.8 Å². The van der Waals surface area contributed by atoms with E-state index in [2.05, 4.69) is 4.98 Å². The molecule has 6 heteroatoms. The average Bonchev–Trinajstić information content (AvgIpc) is 2.78. The number of nitrogens with zero attached hydrogens (tertiary/aromatic N) is 2. The lowest BCUT2D eigenvalue weighted by atomic mass is 10.3. The number of halogens is 2. The molecule has 16 heavy (non-hydrogen) atoms. The molecular formula is C10H7F2N3S. The van der Waals surface area contributed by atoms with E-state index in [0.29, 0.717) is 22.5 Å². The highest BCUT2D eigenvalue weighted by atomic mass is 32.1. The normalized spacial score (nSPS) is 11.7. The smallest absolute Gasteiger partial charge is 0.194 e. The molecule has 0 unspecified atom stereocenters. The molecule has 0 radical (unpaired) electrons. The topological polar surface area (TPSA) is 43.3 Å². The molecule has 3 aromatic rings. The Kier molecular flexibility index (Phi) is 1.95. The Morgan fingerprint density at radius 3 is 2.81 bits per heavy atom. The van der Waals surface area contributed by atoms with Gasteiger partial charge in [0.1, 0.15) is 0 Å². The fourth-order valence-electron chi connectivity index (χ4n) is 1.72. The maximum Gasteiger partial charge on any atom is 0.194 e. The number of benzene rings is 1. The summed E-state index contributed by atoms with van der Waals surface area (Å²) in [4.78, 5) is 4.90. The highest BCUT2D eigenvalue weighted by Gasteiger charge is 2.13. The summed E-state index contributed by atoms with van der Waals surface area (Å²) < 4.78 is 27.9. The number of hydrogen-bond acceptors (Lipinski definition) is 3. The first-order chi connectivity index (χ1) is 7.70. The van der Waals surface area contributed by atoms with E-state index in [1.807, 2.05) is 5.38 Å². The second-order valence-electron chi connectivity index (χ2n) is 3.42. The molecular weight excluding hydrogens is 232 g/mol. The average molecular weight is 239 g/mol. The molecule has 0 amide bonds. The fourth-order valence-corrected chi connectivity index (χ4v) is 2.64. The van der Waals surface area contributed by atoms with Crippen molar-refractivity contribution in [1.82, 2.24) is 9.38 Å².